The molecule has 1 atom stereocenters. The SMILES string of the molecule is C=C1NC(=O)NC(C(=O)N[C@@H]2CCc3cc(O)ccc32)=C1O. The van der Waals surface area contributed by atoms with Gasteiger partial charge in [-0.15, -0.1) is 0 Å². The maximum absolute atomic E-state index is 12.3. The van der Waals surface area contributed by atoms with Gasteiger partial charge in [0.2, 0.25) is 0 Å². The summed E-state index contributed by atoms with van der Waals surface area (Å²) in [6, 6.07) is 4.14. The predicted molar refractivity (Wildman–Crippen MR) is 77.8 cm³/mol. The summed E-state index contributed by atoms with van der Waals surface area (Å²) in [4.78, 5) is 23.6. The van der Waals surface area contributed by atoms with E-state index in [0.29, 0.717) is 6.42 Å². The molecule has 114 valence electrons. The number of nitrogens with one attached hydrogen (secondary N) is 3. The van der Waals surface area contributed by atoms with Gasteiger partial charge in [-0.2, -0.15) is 0 Å². The number of aliphatic hydroxyl groups excluding tert-OH is 1. The van der Waals surface area contributed by atoms with E-state index in [2.05, 4.69) is 22.5 Å². The number of fused-ring (bicyclic) bond motifs is 1. The summed E-state index contributed by atoms with van der Waals surface area (Å²) < 4.78 is 0. The van der Waals surface area contributed by atoms with Crippen LogP contribution in [0.25, 0.3) is 0 Å². The van der Waals surface area contributed by atoms with Crippen molar-refractivity contribution in [2.24, 2.45) is 0 Å². The fourth-order valence-electron chi connectivity index (χ4n) is 2.70. The number of phenolic OH excluding ortho intramolecular Hbond substituents is 1. The van der Waals surface area contributed by atoms with Gasteiger partial charge in [-0.3, -0.25) is 10.1 Å². The molecule has 1 aromatic carbocycles. The van der Waals surface area contributed by atoms with Gasteiger partial charge in [0.15, 0.2) is 11.5 Å². The minimum Gasteiger partial charge on any atom is -0.508 e. The van der Waals surface area contributed by atoms with Gasteiger partial charge in [0, 0.05) is 0 Å². The molecule has 1 aliphatic carbocycles. The smallest absolute Gasteiger partial charge is 0.324 e. The molecule has 0 saturated carbocycles. The van der Waals surface area contributed by atoms with Crippen LogP contribution < -0.4 is 16.0 Å². The number of rotatable bonds is 2. The van der Waals surface area contributed by atoms with Gasteiger partial charge in [-0.05, 0) is 36.1 Å². The zero-order valence-electron chi connectivity index (χ0n) is 11.6. The van der Waals surface area contributed by atoms with E-state index in [4.69, 9.17) is 0 Å². The fourth-order valence-corrected chi connectivity index (χ4v) is 2.70. The molecule has 0 saturated heterocycles. The molecule has 0 unspecified atom stereocenters. The van der Waals surface area contributed by atoms with E-state index in [9.17, 15) is 19.8 Å². The van der Waals surface area contributed by atoms with Gasteiger partial charge < -0.3 is 20.8 Å². The third-order valence-electron chi connectivity index (χ3n) is 3.76. The Balaban J connectivity index is 1.81. The lowest BCUT2D eigenvalue weighted by Gasteiger charge is -2.21. The lowest BCUT2D eigenvalue weighted by atomic mass is 10.1. The minimum absolute atomic E-state index is 0.0226. The second-order valence-electron chi connectivity index (χ2n) is 5.23. The molecule has 1 aromatic rings. The topological polar surface area (TPSA) is 111 Å². The Morgan fingerprint density at radius 2 is 2.09 bits per heavy atom. The van der Waals surface area contributed by atoms with Gasteiger partial charge in [0.05, 0.1) is 11.7 Å². The Labute approximate surface area is 126 Å². The normalized spacial score (nSPS) is 20.3. The quantitative estimate of drug-likeness (QED) is 0.563. The standard InChI is InChI=1S/C15H15N3O4/c1-7-13(20)12(18-15(22)16-7)14(21)17-11-5-2-8-6-9(19)3-4-10(8)11/h3-4,6,11,19-20H,1-2,5H2,(H,17,21)(H2,16,18,22)/t11-/m1/s1. The molecule has 7 nitrogen and oxygen atoms in total. The maximum atomic E-state index is 12.3. The summed E-state index contributed by atoms with van der Waals surface area (Å²) >= 11 is 0. The van der Waals surface area contributed by atoms with Crippen LogP contribution in [0.2, 0.25) is 0 Å². The summed E-state index contributed by atoms with van der Waals surface area (Å²) in [6.07, 6.45) is 1.42. The van der Waals surface area contributed by atoms with Crippen LogP contribution >= 0.6 is 0 Å². The van der Waals surface area contributed by atoms with Crippen LogP contribution in [0, 0.1) is 0 Å². The van der Waals surface area contributed by atoms with E-state index < -0.39 is 11.9 Å². The monoisotopic (exact) mass is 301 g/mol. The minimum atomic E-state index is -0.621. The number of amides is 3. The Morgan fingerprint density at radius 1 is 1.32 bits per heavy atom. The molecule has 0 aromatic heterocycles. The first-order valence-corrected chi connectivity index (χ1v) is 6.79. The molecular weight excluding hydrogens is 286 g/mol. The van der Waals surface area contributed by atoms with E-state index in [1.54, 1.807) is 18.2 Å². The van der Waals surface area contributed by atoms with Crippen molar-refractivity contribution in [3.63, 3.8) is 0 Å². The molecular formula is C15H15N3O4. The molecule has 22 heavy (non-hydrogen) atoms. The number of carbonyl (C=O) groups excluding carboxylic acids is 2. The number of phenols is 1. The summed E-state index contributed by atoms with van der Waals surface area (Å²) in [5.41, 5.74) is 1.65. The average molecular weight is 301 g/mol. The number of aromatic hydroxyl groups is 1. The van der Waals surface area contributed by atoms with E-state index in [-0.39, 0.29) is 28.9 Å². The number of hydrogen-bond acceptors (Lipinski definition) is 4. The Morgan fingerprint density at radius 3 is 2.86 bits per heavy atom. The number of aliphatic hydroxyl groups is 1. The average Bonchev–Trinajstić information content (AvgIpc) is 2.84. The van der Waals surface area contributed by atoms with E-state index in [1.165, 1.54) is 0 Å². The van der Waals surface area contributed by atoms with Crippen molar-refractivity contribution in [3.8, 4) is 5.75 Å². The summed E-state index contributed by atoms with van der Waals surface area (Å²) in [6.45, 7) is 3.47. The zero-order valence-corrected chi connectivity index (χ0v) is 11.6. The second kappa shape index (κ2) is 5.10. The van der Waals surface area contributed by atoms with Crippen LogP contribution in [0.4, 0.5) is 4.79 Å². The van der Waals surface area contributed by atoms with Gasteiger partial charge in [-0.25, -0.2) is 4.79 Å². The summed E-state index contributed by atoms with van der Waals surface area (Å²) in [5, 5.41) is 26.6. The molecule has 0 spiro atoms. The lowest BCUT2D eigenvalue weighted by molar-refractivity contribution is -0.118. The van der Waals surface area contributed by atoms with E-state index in [0.717, 1.165) is 17.5 Å². The van der Waals surface area contributed by atoms with Crippen LogP contribution in [-0.2, 0) is 11.2 Å². The Bertz CT molecular complexity index is 723. The Hall–Kier alpha value is -2.96. The van der Waals surface area contributed by atoms with Crippen molar-refractivity contribution in [1.82, 2.24) is 16.0 Å². The zero-order chi connectivity index (χ0) is 15.9. The highest BCUT2D eigenvalue weighted by Gasteiger charge is 2.29. The molecule has 5 N–H and O–H groups in total. The van der Waals surface area contributed by atoms with Gasteiger partial charge in [0.1, 0.15) is 5.75 Å². The molecule has 0 bridgehead atoms. The number of carbonyl (C=O) groups is 2. The largest absolute Gasteiger partial charge is 0.508 e. The lowest BCUT2D eigenvalue weighted by Crippen LogP contribution is -2.45. The van der Waals surface area contributed by atoms with Crippen molar-refractivity contribution < 1.29 is 19.8 Å². The van der Waals surface area contributed by atoms with Gasteiger partial charge in [0.25, 0.3) is 5.91 Å². The molecule has 0 fully saturated rings. The number of urea groups is 1. The maximum Gasteiger partial charge on any atom is 0.324 e. The van der Waals surface area contributed by atoms with Crippen molar-refractivity contribution in [2.75, 3.05) is 0 Å². The molecule has 1 heterocycles. The summed E-state index contributed by atoms with van der Waals surface area (Å²) in [5.74, 6) is -0.784. The fraction of sp³-hybridized carbons (Fsp3) is 0.200. The van der Waals surface area contributed by atoms with E-state index >= 15 is 0 Å². The van der Waals surface area contributed by atoms with Crippen LogP contribution in [0.1, 0.15) is 23.6 Å². The molecule has 0 radical (unpaired) electrons. The first-order valence-electron chi connectivity index (χ1n) is 6.79. The van der Waals surface area contributed by atoms with Crippen LogP contribution in [-0.4, -0.2) is 22.2 Å². The van der Waals surface area contributed by atoms with Crippen LogP contribution in [0.15, 0.2) is 41.9 Å². The van der Waals surface area contributed by atoms with E-state index in [1.807, 2.05) is 0 Å². The molecule has 2 aliphatic rings. The molecule has 1 aliphatic heterocycles. The van der Waals surface area contributed by atoms with Crippen molar-refractivity contribution in [1.29, 1.82) is 0 Å². The highest BCUT2D eigenvalue weighted by atomic mass is 16.3. The second-order valence-corrected chi connectivity index (χ2v) is 5.23. The summed E-state index contributed by atoms with van der Waals surface area (Å²) in [7, 11) is 0. The van der Waals surface area contributed by atoms with Crippen molar-refractivity contribution in [3.05, 3.63) is 53.1 Å². The highest BCUT2D eigenvalue weighted by molar-refractivity contribution is 6.00. The first-order chi connectivity index (χ1) is 10.5. The van der Waals surface area contributed by atoms with Crippen LogP contribution in [0.5, 0.6) is 5.75 Å². The van der Waals surface area contributed by atoms with Gasteiger partial charge >= 0.3 is 6.03 Å². The number of hydrogen-bond donors (Lipinski definition) is 5. The molecule has 3 rings (SSSR count). The van der Waals surface area contributed by atoms with Crippen molar-refractivity contribution in [2.45, 2.75) is 18.9 Å². The highest BCUT2D eigenvalue weighted by Crippen LogP contribution is 2.33. The third-order valence-corrected chi connectivity index (χ3v) is 3.76. The van der Waals surface area contributed by atoms with Gasteiger partial charge in [-0.1, -0.05) is 12.6 Å². The van der Waals surface area contributed by atoms with Crippen molar-refractivity contribution >= 4 is 11.9 Å². The Kier molecular flexibility index (Phi) is 3.25. The number of aryl methyl sites for hydroxylation is 1. The predicted octanol–water partition coefficient (Wildman–Crippen LogP) is 1.09. The molecule has 7 heteroatoms. The molecule has 3 amide bonds. The number of benzene rings is 1. The van der Waals surface area contributed by atoms with Crippen LogP contribution in [0.3, 0.4) is 0 Å². The first kappa shape index (κ1) is 14.0. The third kappa shape index (κ3) is 2.37.